The molecule has 0 atom stereocenters. The van der Waals surface area contributed by atoms with E-state index in [4.69, 9.17) is 5.73 Å². The van der Waals surface area contributed by atoms with Gasteiger partial charge >= 0.3 is 0 Å². The highest BCUT2D eigenvalue weighted by atomic mass is 15.2. The minimum Gasteiger partial charge on any atom is -0.382 e. The highest BCUT2D eigenvalue weighted by Gasteiger charge is 2.14. The number of nitrogens with one attached hydrogen (secondary N) is 1. The second kappa shape index (κ2) is 4.03. The number of aromatic nitrogens is 2. The Hall–Kier alpha value is -0.990. The zero-order valence-corrected chi connectivity index (χ0v) is 9.65. The lowest BCUT2D eigenvalue weighted by Gasteiger charge is -2.17. The zero-order chi connectivity index (χ0) is 10.8. The Morgan fingerprint density at radius 1 is 1.36 bits per heavy atom. The number of hydrogen-bond donors (Lipinski definition) is 2. The van der Waals surface area contributed by atoms with Crippen molar-refractivity contribution in [1.29, 1.82) is 0 Å². The van der Waals surface area contributed by atoms with Crippen LogP contribution in [0.5, 0.6) is 0 Å². The second-order valence-corrected chi connectivity index (χ2v) is 4.98. The van der Waals surface area contributed by atoms with E-state index in [1.807, 2.05) is 0 Å². The molecule has 0 aliphatic heterocycles. The van der Waals surface area contributed by atoms with Crippen LogP contribution in [0.25, 0.3) is 0 Å². The Labute approximate surface area is 86.1 Å². The lowest BCUT2D eigenvalue weighted by molar-refractivity contribution is 0.376. The molecule has 1 aromatic heterocycles. The molecule has 3 heteroatoms. The predicted octanol–water partition coefficient (Wildman–Crippen LogP) is 2.53. The monoisotopic (exact) mass is 195 g/mol. The van der Waals surface area contributed by atoms with Crippen LogP contribution >= 0.6 is 0 Å². The van der Waals surface area contributed by atoms with Crippen molar-refractivity contribution < 1.29 is 0 Å². The molecule has 0 saturated heterocycles. The summed E-state index contributed by atoms with van der Waals surface area (Å²) in [5.74, 6) is 0.663. The summed E-state index contributed by atoms with van der Waals surface area (Å²) >= 11 is 0. The van der Waals surface area contributed by atoms with E-state index >= 15 is 0 Å². The molecule has 3 nitrogen and oxygen atoms in total. The maximum Gasteiger partial charge on any atom is 0.148 e. The van der Waals surface area contributed by atoms with E-state index in [9.17, 15) is 0 Å². The average molecular weight is 195 g/mol. The van der Waals surface area contributed by atoms with E-state index in [0.29, 0.717) is 11.2 Å². The van der Waals surface area contributed by atoms with Crippen molar-refractivity contribution in [3.8, 4) is 0 Å². The summed E-state index contributed by atoms with van der Waals surface area (Å²) in [6, 6.07) is 0. The van der Waals surface area contributed by atoms with Gasteiger partial charge in [-0.3, -0.25) is 5.10 Å². The Morgan fingerprint density at radius 2 is 2.00 bits per heavy atom. The van der Waals surface area contributed by atoms with E-state index in [2.05, 4.69) is 37.9 Å². The molecule has 1 rings (SSSR count). The first-order valence-electron chi connectivity index (χ1n) is 5.25. The van der Waals surface area contributed by atoms with E-state index in [0.717, 1.165) is 19.3 Å². The Kier molecular flexibility index (Phi) is 3.19. The third-order valence-corrected chi connectivity index (χ3v) is 2.46. The van der Waals surface area contributed by atoms with Crippen molar-refractivity contribution in [1.82, 2.24) is 10.2 Å². The highest BCUT2D eigenvalue weighted by molar-refractivity contribution is 5.41. The topological polar surface area (TPSA) is 54.7 Å². The summed E-state index contributed by atoms with van der Waals surface area (Å²) in [5, 5.41) is 7.06. The van der Waals surface area contributed by atoms with Gasteiger partial charge in [0.15, 0.2) is 0 Å². The van der Waals surface area contributed by atoms with Gasteiger partial charge in [0, 0.05) is 11.3 Å². The minimum absolute atomic E-state index is 0.366. The van der Waals surface area contributed by atoms with Gasteiger partial charge in [0.1, 0.15) is 5.82 Å². The van der Waals surface area contributed by atoms with E-state index in [-0.39, 0.29) is 0 Å². The highest BCUT2D eigenvalue weighted by Crippen LogP contribution is 2.23. The fourth-order valence-electron chi connectivity index (χ4n) is 1.52. The van der Waals surface area contributed by atoms with Crippen molar-refractivity contribution in [2.45, 2.75) is 47.0 Å². The first-order valence-corrected chi connectivity index (χ1v) is 5.25. The molecule has 0 radical (unpaired) electrons. The van der Waals surface area contributed by atoms with Crippen LogP contribution in [-0.2, 0) is 12.8 Å². The maximum atomic E-state index is 5.75. The van der Waals surface area contributed by atoms with Crippen LogP contribution in [0.3, 0.4) is 0 Å². The largest absolute Gasteiger partial charge is 0.382 e. The van der Waals surface area contributed by atoms with Gasteiger partial charge in [0.2, 0.25) is 0 Å². The number of anilines is 1. The van der Waals surface area contributed by atoms with Crippen LogP contribution in [0.2, 0.25) is 0 Å². The molecule has 0 aliphatic carbocycles. The molecule has 0 aromatic carbocycles. The van der Waals surface area contributed by atoms with Crippen molar-refractivity contribution in [3.05, 3.63) is 11.3 Å². The van der Waals surface area contributed by atoms with Crippen LogP contribution < -0.4 is 5.73 Å². The minimum atomic E-state index is 0.366. The number of hydrogen-bond acceptors (Lipinski definition) is 2. The van der Waals surface area contributed by atoms with Crippen molar-refractivity contribution in [2.75, 3.05) is 5.73 Å². The lowest BCUT2D eigenvalue weighted by atomic mass is 9.89. The van der Waals surface area contributed by atoms with Crippen molar-refractivity contribution >= 4 is 5.82 Å². The van der Waals surface area contributed by atoms with Gasteiger partial charge in [-0.15, -0.1) is 0 Å². The molecule has 1 heterocycles. The fourth-order valence-corrected chi connectivity index (χ4v) is 1.52. The third kappa shape index (κ3) is 2.76. The number of nitrogens with zero attached hydrogens (tertiary/aromatic N) is 1. The SMILES string of the molecule is CCc1c(N)n[nH]c1CCC(C)(C)C. The number of H-pyrrole nitrogens is 1. The normalized spacial score (nSPS) is 12.0. The molecular weight excluding hydrogens is 174 g/mol. The van der Waals surface area contributed by atoms with Crippen LogP contribution in [0, 0.1) is 5.41 Å². The first kappa shape index (κ1) is 11.1. The predicted molar refractivity (Wildman–Crippen MR) is 60.2 cm³/mol. The molecule has 14 heavy (non-hydrogen) atoms. The number of nitrogen functional groups attached to an aromatic ring is 1. The van der Waals surface area contributed by atoms with E-state index in [1.54, 1.807) is 0 Å². The van der Waals surface area contributed by atoms with Gasteiger partial charge in [0.25, 0.3) is 0 Å². The molecule has 0 bridgehead atoms. The van der Waals surface area contributed by atoms with Crippen molar-refractivity contribution in [2.24, 2.45) is 5.41 Å². The van der Waals surface area contributed by atoms with Crippen LogP contribution in [0.4, 0.5) is 5.82 Å². The average Bonchev–Trinajstić information content (AvgIpc) is 2.41. The van der Waals surface area contributed by atoms with E-state index < -0.39 is 0 Å². The van der Waals surface area contributed by atoms with Gasteiger partial charge in [-0.2, -0.15) is 5.10 Å². The lowest BCUT2D eigenvalue weighted by Crippen LogP contribution is -2.07. The summed E-state index contributed by atoms with van der Waals surface area (Å²) in [4.78, 5) is 0. The fraction of sp³-hybridized carbons (Fsp3) is 0.727. The maximum absolute atomic E-state index is 5.75. The first-order chi connectivity index (χ1) is 6.44. The van der Waals surface area contributed by atoms with Gasteiger partial charge in [-0.05, 0) is 24.7 Å². The van der Waals surface area contributed by atoms with Gasteiger partial charge in [-0.1, -0.05) is 27.7 Å². The summed E-state index contributed by atoms with van der Waals surface area (Å²) in [6.45, 7) is 8.86. The Balaban J connectivity index is 2.67. The summed E-state index contributed by atoms with van der Waals surface area (Å²) in [5.41, 5.74) is 8.51. The second-order valence-electron chi connectivity index (χ2n) is 4.98. The zero-order valence-electron chi connectivity index (χ0n) is 9.65. The van der Waals surface area contributed by atoms with Crippen LogP contribution in [0.1, 0.15) is 45.4 Å². The van der Waals surface area contributed by atoms with Crippen molar-refractivity contribution in [3.63, 3.8) is 0 Å². The van der Waals surface area contributed by atoms with E-state index in [1.165, 1.54) is 11.3 Å². The smallest absolute Gasteiger partial charge is 0.148 e. The molecule has 0 amide bonds. The Bertz CT molecular complexity index is 294. The molecule has 0 fully saturated rings. The molecular formula is C11H21N3. The third-order valence-electron chi connectivity index (χ3n) is 2.46. The molecule has 1 aromatic rings. The molecule has 80 valence electrons. The van der Waals surface area contributed by atoms with Crippen LogP contribution in [0.15, 0.2) is 0 Å². The number of aromatic amines is 1. The van der Waals surface area contributed by atoms with Gasteiger partial charge in [0.05, 0.1) is 0 Å². The summed E-state index contributed by atoms with van der Waals surface area (Å²) in [7, 11) is 0. The Morgan fingerprint density at radius 3 is 2.50 bits per heavy atom. The molecule has 0 saturated carbocycles. The number of nitrogens with two attached hydrogens (primary N) is 1. The van der Waals surface area contributed by atoms with Gasteiger partial charge < -0.3 is 5.73 Å². The summed E-state index contributed by atoms with van der Waals surface area (Å²) in [6.07, 6.45) is 3.15. The quantitative estimate of drug-likeness (QED) is 0.778. The molecule has 0 unspecified atom stereocenters. The van der Waals surface area contributed by atoms with Gasteiger partial charge in [-0.25, -0.2) is 0 Å². The standard InChI is InChI=1S/C11H21N3/c1-5-8-9(13-14-10(8)12)6-7-11(2,3)4/h5-7H2,1-4H3,(H3,12,13,14). The molecule has 0 spiro atoms. The number of aryl methyl sites for hydroxylation is 1. The molecule has 0 aliphatic rings. The van der Waals surface area contributed by atoms with Crippen LogP contribution in [-0.4, -0.2) is 10.2 Å². The molecule has 3 N–H and O–H groups in total. The summed E-state index contributed by atoms with van der Waals surface area (Å²) < 4.78 is 0. The number of rotatable bonds is 3.